The molecule has 0 aliphatic rings. The second-order valence-electron chi connectivity index (χ2n) is 3.59. The largest absolute Gasteiger partial charge is 0.395 e. The maximum atomic E-state index is 11.4. The van der Waals surface area contributed by atoms with Gasteiger partial charge in [-0.25, -0.2) is 8.42 Å². The lowest BCUT2D eigenvalue weighted by Crippen LogP contribution is -2.19. The third kappa shape index (κ3) is 3.71. The van der Waals surface area contributed by atoms with Crippen LogP contribution in [0.15, 0.2) is 24.3 Å². The Hall–Kier alpha value is -1.27. The van der Waals surface area contributed by atoms with Gasteiger partial charge in [-0.2, -0.15) is 0 Å². The minimum absolute atomic E-state index is 0.292. The van der Waals surface area contributed by atoms with Gasteiger partial charge < -0.3 is 10.0 Å². The van der Waals surface area contributed by atoms with Crippen LogP contribution in [0.4, 0.5) is 11.4 Å². The van der Waals surface area contributed by atoms with Crippen LogP contribution in [0.5, 0.6) is 0 Å². The van der Waals surface area contributed by atoms with Crippen molar-refractivity contribution in [2.45, 2.75) is 0 Å². The van der Waals surface area contributed by atoms with Gasteiger partial charge in [0, 0.05) is 19.8 Å². The van der Waals surface area contributed by atoms with Gasteiger partial charge in [-0.15, -0.1) is 0 Å². The summed E-state index contributed by atoms with van der Waals surface area (Å²) in [6, 6.07) is 7.05. The zero-order valence-corrected chi connectivity index (χ0v) is 10.2. The molecule has 0 saturated heterocycles. The number of nitrogens with one attached hydrogen (secondary N) is 1. The zero-order valence-electron chi connectivity index (χ0n) is 9.34. The molecule has 0 bridgehead atoms. The summed E-state index contributed by atoms with van der Waals surface area (Å²) in [6.45, 7) is -0.386. The molecule has 0 atom stereocenters. The highest BCUT2D eigenvalue weighted by molar-refractivity contribution is 7.92. The first-order valence-corrected chi connectivity index (χ1v) is 6.48. The lowest BCUT2D eigenvalue weighted by molar-refractivity contribution is 0.320. The van der Waals surface area contributed by atoms with Crippen molar-refractivity contribution in [2.24, 2.45) is 0 Å². The van der Waals surface area contributed by atoms with Gasteiger partial charge in [-0.3, -0.25) is 4.72 Å². The predicted molar refractivity (Wildman–Crippen MR) is 65.3 cm³/mol. The van der Waals surface area contributed by atoms with Crippen molar-refractivity contribution in [1.29, 1.82) is 0 Å². The van der Waals surface area contributed by atoms with Crippen molar-refractivity contribution in [2.75, 3.05) is 36.1 Å². The Morgan fingerprint density at radius 3 is 2.62 bits per heavy atom. The summed E-state index contributed by atoms with van der Waals surface area (Å²) < 4.78 is 25.2. The van der Waals surface area contributed by atoms with E-state index in [1.54, 1.807) is 18.2 Å². The molecular formula is C10H16N2O3S. The fourth-order valence-corrected chi connectivity index (χ4v) is 2.03. The van der Waals surface area contributed by atoms with Gasteiger partial charge in [-0.05, 0) is 18.2 Å². The lowest BCUT2D eigenvalue weighted by atomic mass is 10.3. The van der Waals surface area contributed by atoms with Crippen molar-refractivity contribution < 1.29 is 13.5 Å². The van der Waals surface area contributed by atoms with Crippen LogP contribution in [0.3, 0.4) is 0 Å². The van der Waals surface area contributed by atoms with E-state index in [2.05, 4.69) is 4.72 Å². The summed E-state index contributed by atoms with van der Waals surface area (Å²) in [5.41, 5.74) is 1.41. The van der Waals surface area contributed by atoms with Crippen LogP contribution in [-0.4, -0.2) is 40.0 Å². The van der Waals surface area contributed by atoms with Crippen molar-refractivity contribution in [3.63, 3.8) is 0 Å². The molecule has 0 spiro atoms. The van der Waals surface area contributed by atoms with E-state index in [9.17, 15) is 8.42 Å². The molecule has 16 heavy (non-hydrogen) atoms. The fraction of sp³-hybridized carbons (Fsp3) is 0.400. The Kier molecular flexibility index (Phi) is 4.14. The van der Waals surface area contributed by atoms with E-state index in [1.165, 1.54) is 0 Å². The summed E-state index contributed by atoms with van der Waals surface area (Å²) in [6.07, 6.45) is 0. The number of benzene rings is 1. The first kappa shape index (κ1) is 12.8. The molecule has 6 heteroatoms. The Balaban J connectivity index is 2.86. The molecule has 1 aromatic carbocycles. The third-order valence-electron chi connectivity index (χ3n) is 2.00. The molecule has 0 heterocycles. The van der Waals surface area contributed by atoms with Gasteiger partial charge in [0.1, 0.15) is 0 Å². The van der Waals surface area contributed by atoms with Crippen LogP contribution in [0.1, 0.15) is 0 Å². The van der Waals surface area contributed by atoms with E-state index in [-0.39, 0.29) is 12.4 Å². The van der Waals surface area contributed by atoms with Gasteiger partial charge in [0.15, 0.2) is 0 Å². The number of aliphatic hydroxyl groups excluding tert-OH is 1. The second kappa shape index (κ2) is 5.18. The lowest BCUT2D eigenvalue weighted by Gasteiger charge is -2.14. The molecule has 0 aliphatic heterocycles. The molecule has 0 aromatic heterocycles. The van der Waals surface area contributed by atoms with E-state index in [0.717, 1.165) is 5.69 Å². The number of nitrogens with zero attached hydrogens (tertiary/aromatic N) is 1. The first-order chi connectivity index (χ1) is 7.44. The third-order valence-corrected chi connectivity index (χ3v) is 3.26. The van der Waals surface area contributed by atoms with Gasteiger partial charge in [0.25, 0.3) is 0 Å². The average Bonchev–Trinajstić information content (AvgIpc) is 2.17. The summed E-state index contributed by atoms with van der Waals surface area (Å²) >= 11 is 0. The van der Waals surface area contributed by atoms with Crippen molar-refractivity contribution in [1.82, 2.24) is 0 Å². The molecule has 0 fully saturated rings. The van der Waals surface area contributed by atoms with Crippen LogP contribution < -0.4 is 9.62 Å². The zero-order chi connectivity index (χ0) is 12.2. The van der Waals surface area contributed by atoms with E-state index >= 15 is 0 Å². The number of hydrogen-bond acceptors (Lipinski definition) is 4. The predicted octanol–water partition coefficient (Wildman–Crippen LogP) is 0.487. The van der Waals surface area contributed by atoms with E-state index in [0.29, 0.717) is 5.69 Å². The monoisotopic (exact) mass is 244 g/mol. The Morgan fingerprint density at radius 2 is 2.06 bits per heavy atom. The molecule has 1 rings (SSSR count). The molecule has 0 unspecified atom stereocenters. The number of anilines is 2. The second-order valence-corrected chi connectivity index (χ2v) is 5.43. The maximum Gasteiger partial charge on any atom is 0.234 e. The minimum atomic E-state index is -3.45. The molecule has 0 aliphatic carbocycles. The first-order valence-electron chi connectivity index (χ1n) is 4.83. The van der Waals surface area contributed by atoms with Gasteiger partial charge >= 0.3 is 0 Å². The molecule has 1 aromatic rings. The van der Waals surface area contributed by atoms with Crippen LogP contribution in [0, 0.1) is 0 Å². The van der Waals surface area contributed by atoms with E-state index in [4.69, 9.17) is 5.11 Å². The van der Waals surface area contributed by atoms with Crippen molar-refractivity contribution in [3.05, 3.63) is 24.3 Å². The standard InChI is InChI=1S/C10H16N2O3S/c1-12(2)10-5-3-4-9(8-10)11-16(14,15)7-6-13/h3-5,8,11,13H,6-7H2,1-2H3. The highest BCUT2D eigenvalue weighted by Crippen LogP contribution is 2.18. The quantitative estimate of drug-likeness (QED) is 0.790. The van der Waals surface area contributed by atoms with Crippen LogP contribution >= 0.6 is 0 Å². The number of rotatable bonds is 5. The molecule has 5 nitrogen and oxygen atoms in total. The SMILES string of the molecule is CN(C)c1cccc(NS(=O)(=O)CCO)c1. The van der Waals surface area contributed by atoms with Crippen LogP contribution in [-0.2, 0) is 10.0 Å². The number of hydrogen-bond donors (Lipinski definition) is 2. The minimum Gasteiger partial charge on any atom is -0.395 e. The van der Waals surface area contributed by atoms with E-state index in [1.807, 2.05) is 25.1 Å². The Labute approximate surface area is 95.8 Å². The Morgan fingerprint density at radius 1 is 1.38 bits per heavy atom. The van der Waals surface area contributed by atoms with Gasteiger partial charge in [0.2, 0.25) is 10.0 Å². The molecule has 0 saturated carbocycles. The van der Waals surface area contributed by atoms with E-state index < -0.39 is 10.0 Å². The van der Waals surface area contributed by atoms with Gasteiger partial charge in [-0.1, -0.05) is 6.07 Å². The maximum absolute atomic E-state index is 11.4. The Bertz CT molecular complexity index is 443. The summed E-state index contributed by atoms with van der Waals surface area (Å²) in [5, 5.41) is 8.60. The normalized spacial score (nSPS) is 11.2. The summed E-state index contributed by atoms with van der Waals surface area (Å²) in [5.74, 6) is -0.292. The van der Waals surface area contributed by atoms with Crippen molar-refractivity contribution in [3.8, 4) is 0 Å². The molecule has 90 valence electrons. The van der Waals surface area contributed by atoms with Gasteiger partial charge in [0.05, 0.1) is 18.0 Å². The average molecular weight is 244 g/mol. The summed E-state index contributed by atoms with van der Waals surface area (Å²) in [7, 11) is 0.307. The van der Waals surface area contributed by atoms with Crippen molar-refractivity contribution >= 4 is 21.4 Å². The molecule has 2 N–H and O–H groups in total. The number of aliphatic hydroxyl groups is 1. The fourth-order valence-electron chi connectivity index (χ4n) is 1.20. The number of sulfonamides is 1. The topological polar surface area (TPSA) is 69.6 Å². The highest BCUT2D eigenvalue weighted by atomic mass is 32.2. The highest BCUT2D eigenvalue weighted by Gasteiger charge is 2.09. The van der Waals surface area contributed by atoms with Crippen LogP contribution in [0.25, 0.3) is 0 Å². The molecular weight excluding hydrogens is 228 g/mol. The molecule has 0 amide bonds. The van der Waals surface area contributed by atoms with Crippen LogP contribution in [0.2, 0.25) is 0 Å². The summed E-state index contributed by atoms with van der Waals surface area (Å²) in [4.78, 5) is 1.88. The molecule has 0 radical (unpaired) electrons. The smallest absolute Gasteiger partial charge is 0.234 e.